The number of carbonyl (C=O) groups excluding carboxylic acids is 1. The van der Waals surface area contributed by atoms with Gasteiger partial charge in [0.05, 0.1) is 0 Å². The lowest BCUT2D eigenvalue weighted by molar-refractivity contribution is -0.121. The summed E-state index contributed by atoms with van der Waals surface area (Å²) in [6.07, 6.45) is 2.39. The third-order valence-corrected chi connectivity index (χ3v) is 3.39. The van der Waals surface area contributed by atoms with Gasteiger partial charge in [0.2, 0.25) is 0 Å². The molecule has 0 fully saturated rings. The largest absolute Gasteiger partial charge is 0.330 e. The molecule has 0 heterocycles. The van der Waals surface area contributed by atoms with E-state index in [0.29, 0.717) is 18.7 Å². The molecule has 0 saturated carbocycles. The van der Waals surface area contributed by atoms with Crippen LogP contribution in [0.2, 0.25) is 0 Å². The van der Waals surface area contributed by atoms with Gasteiger partial charge < -0.3 is 5.73 Å². The first-order valence-corrected chi connectivity index (χ1v) is 6.34. The third-order valence-electron chi connectivity index (χ3n) is 3.39. The van der Waals surface area contributed by atoms with Crippen molar-refractivity contribution in [3.63, 3.8) is 0 Å². The second-order valence-electron chi connectivity index (χ2n) is 4.85. The number of aryl methyl sites for hydroxylation is 2. The second kappa shape index (κ2) is 6.55. The van der Waals surface area contributed by atoms with Gasteiger partial charge in [0.15, 0.2) is 0 Å². The fourth-order valence-electron chi connectivity index (χ4n) is 2.06. The number of ketones is 1. The molecule has 94 valence electrons. The summed E-state index contributed by atoms with van der Waals surface area (Å²) in [6.45, 7) is 6.81. The summed E-state index contributed by atoms with van der Waals surface area (Å²) in [5, 5.41) is 0. The molecule has 1 rings (SSSR count). The van der Waals surface area contributed by atoms with Gasteiger partial charge in [0, 0.05) is 12.3 Å². The van der Waals surface area contributed by atoms with Crippen molar-refractivity contribution in [2.45, 2.75) is 40.0 Å². The maximum atomic E-state index is 12.1. The molecule has 1 aromatic rings. The number of nitrogens with two attached hydrogens (primary N) is 1. The normalized spacial score (nSPS) is 12.5. The molecule has 1 unspecified atom stereocenters. The van der Waals surface area contributed by atoms with Gasteiger partial charge in [0.1, 0.15) is 5.78 Å². The lowest BCUT2D eigenvalue weighted by Gasteiger charge is -2.13. The first kappa shape index (κ1) is 13.9. The van der Waals surface area contributed by atoms with Gasteiger partial charge in [-0.2, -0.15) is 0 Å². The Hall–Kier alpha value is -1.15. The Labute approximate surface area is 104 Å². The summed E-state index contributed by atoms with van der Waals surface area (Å²) in [5.41, 5.74) is 9.08. The summed E-state index contributed by atoms with van der Waals surface area (Å²) in [7, 11) is 0. The Kier molecular flexibility index (Phi) is 5.36. The van der Waals surface area contributed by atoms with Gasteiger partial charge in [-0.1, -0.05) is 25.1 Å². The van der Waals surface area contributed by atoms with E-state index in [1.54, 1.807) is 0 Å². The first-order chi connectivity index (χ1) is 8.06. The lowest BCUT2D eigenvalue weighted by atomic mass is 9.91. The summed E-state index contributed by atoms with van der Waals surface area (Å²) in [4.78, 5) is 12.1. The maximum Gasteiger partial charge on any atom is 0.140 e. The Morgan fingerprint density at radius 3 is 2.41 bits per heavy atom. The molecule has 0 aliphatic rings. The maximum absolute atomic E-state index is 12.1. The zero-order valence-corrected chi connectivity index (χ0v) is 11.1. The zero-order chi connectivity index (χ0) is 12.8. The monoisotopic (exact) mass is 233 g/mol. The molecule has 2 heteroatoms. The molecule has 0 aromatic heterocycles. The number of benzene rings is 1. The van der Waals surface area contributed by atoms with Crippen molar-refractivity contribution in [1.82, 2.24) is 0 Å². The Bertz CT molecular complexity index is 364. The number of Topliss-reactive ketones (excluding diaryl/α,β-unsaturated/α-hetero) is 1. The van der Waals surface area contributed by atoms with Crippen molar-refractivity contribution in [3.05, 3.63) is 34.9 Å². The molecule has 0 radical (unpaired) electrons. The van der Waals surface area contributed by atoms with Crippen LogP contribution in [0.15, 0.2) is 18.2 Å². The van der Waals surface area contributed by atoms with Crippen LogP contribution in [0, 0.1) is 19.8 Å². The molecule has 0 aliphatic heterocycles. The molecule has 1 aromatic carbocycles. The minimum atomic E-state index is 0.123. The minimum absolute atomic E-state index is 0.123. The summed E-state index contributed by atoms with van der Waals surface area (Å²) >= 11 is 0. The Morgan fingerprint density at radius 1 is 1.29 bits per heavy atom. The number of carbonyl (C=O) groups is 1. The highest BCUT2D eigenvalue weighted by Crippen LogP contribution is 2.17. The van der Waals surface area contributed by atoms with E-state index in [1.165, 1.54) is 16.7 Å². The van der Waals surface area contributed by atoms with E-state index >= 15 is 0 Å². The quantitative estimate of drug-likeness (QED) is 0.821. The first-order valence-electron chi connectivity index (χ1n) is 6.34. The Morgan fingerprint density at radius 2 is 1.88 bits per heavy atom. The average molecular weight is 233 g/mol. The predicted octanol–water partition coefficient (Wildman–Crippen LogP) is 2.79. The van der Waals surface area contributed by atoms with E-state index in [2.05, 4.69) is 26.0 Å². The van der Waals surface area contributed by atoms with E-state index < -0.39 is 0 Å². The SMILES string of the molecule is Cc1cccc(C)c1CC(=O)C(C)CCCN. The van der Waals surface area contributed by atoms with E-state index in [0.717, 1.165) is 12.8 Å². The van der Waals surface area contributed by atoms with E-state index in [1.807, 2.05) is 13.0 Å². The van der Waals surface area contributed by atoms with E-state index in [9.17, 15) is 4.79 Å². The lowest BCUT2D eigenvalue weighted by Crippen LogP contribution is -2.16. The summed E-state index contributed by atoms with van der Waals surface area (Å²) in [5.74, 6) is 0.452. The van der Waals surface area contributed by atoms with Crippen molar-refractivity contribution in [1.29, 1.82) is 0 Å². The van der Waals surface area contributed by atoms with Crippen molar-refractivity contribution < 1.29 is 4.79 Å². The Balaban J connectivity index is 2.68. The molecular formula is C15H23NO. The predicted molar refractivity (Wildman–Crippen MR) is 72.1 cm³/mol. The van der Waals surface area contributed by atoms with Crippen LogP contribution >= 0.6 is 0 Å². The number of hydrogen-bond donors (Lipinski definition) is 1. The number of rotatable bonds is 6. The molecule has 2 N–H and O–H groups in total. The van der Waals surface area contributed by atoms with Crippen LogP contribution in [0.5, 0.6) is 0 Å². The van der Waals surface area contributed by atoms with Crippen LogP contribution in [0.25, 0.3) is 0 Å². The van der Waals surface area contributed by atoms with Crippen LogP contribution in [0.1, 0.15) is 36.5 Å². The van der Waals surface area contributed by atoms with Crippen molar-refractivity contribution >= 4 is 5.78 Å². The standard InChI is InChI=1S/C15H23NO/c1-11-6-4-7-12(2)14(11)10-15(17)13(3)8-5-9-16/h4,6-7,13H,5,8-10,16H2,1-3H3. The van der Waals surface area contributed by atoms with Crippen molar-refractivity contribution in [2.24, 2.45) is 11.7 Å². The molecule has 0 aliphatic carbocycles. The zero-order valence-electron chi connectivity index (χ0n) is 11.1. The second-order valence-corrected chi connectivity index (χ2v) is 4.85. The molecule has 1 atom stereocenters. The van der Waals surface area contributed by atoms with Crippen LogP contribution in [-0.4, -0.2) is 12.3 Å². The van der Waals surface area contributed by atoms with E-state index in [4.69, 9.17) is 5.73 Å². The topological polar surface area (TPSA) is 43.1 Å². The van der Waals surface area contributed by atoms with Gasteiger partial charge >= 0.3 is 0 Å². The van der Waals surface area contributed by atoms with Gasteiger partial charge in [-0.15, -0.1) is 0 Å². The average Bonchev–Trinajstić information content (AvgIpc) is 2.30. The molecule has 2 nitrogen and oxygen atoms in total. The molecule has 0 bridgehead atoms. The van der Waals surface area contributed by atoms with Crippen molar-refractivity contribution in [3.8, 4) is 0 Å². The highest BCUT2D eigenvalue weighted by Gasteiger charge is 2.14. The van der Waals surface area contributed by atoms with Gasteiger partial charge in [-0.25, -0.2) is 0 Å². The van der Waals surface area contributed by atoms with Crippen molar-refractivity contribution in [2.75, 3.05) is 6.54 Å². The third kappa shape index (κ3) is 3.97. The fraction of sp³-hybridized carbons (Fsp3) is 0.533. The summed E-state index contributed by atoms with van der Waals surface area (Å²) in [6, 6.07) is 6.18. The fourth-order valence-corrected chi connectivity index (χ4v) is 2.06. The molecular weight excluding hydrogens is 210 g/mol. The van der Waals surface area contributed by atoms with Gasteiger partial charge in [-0.3, -0.25) is 4.79 Å². The molecule has 0 amide bonds. The van der Waals surface area contributed by atoms with Crippen LogP contribution in [-0.2, 0) is 11.2 Å². The van der Waals surface area contributed by atoms with Gasteiger partial charge in [-0.05, 0) is 49.9 Å². The minimum Gasteiger partial charge on any atom is -0.330 e. The van der Waals surface area contributed by atoms with Crippen LogP contribution < -0.4 is 5.73 Å². The van der Waals surface area contributed by atoms with Gasteiger partial charge in [0.25, 0.3) is 0 Å². The smallest absolute Gasteiger partial charge is 0.140 e. The highest BCUT2D eigenvalue weighted by molar-refractivity contribution is 5.83. The van der Waals surface area contributed by atoms with E-state index in [-0.39, 0.29) is 5.92 Å². The van der Waals surface area contributed by atoms with Crippen LogP contribution in [0.3, 0.4) is 0 Å². The molecule has 0 saturated heterocycles. The highest BCUT2D eigenvalue weighted by atomic mass is 16.1. The summed E-state index contributed by atoms with van der Waals surface area (Å²) < 4.78 is 0. The van der Waals surface area contributed by atoms with Crippen LogP contribution in [0.4, 0.5) is 0 Å². The molecule has 17 heavy (non-hydrogen) atoms. The molecule has 0 spiro atoms. The number of hydrogen-bond acceptors (Lipinski definition) is 2.